The molecule has 2 bridgehead atoms. The molecule has 4 heterocycles. The van der Waals surface area contributed by atoms with E-state index in [1.165, 1.54) is 25.9 Å². The average Bonchev–Trinajstić information content (AvgIpc) is 3.19. The van der Waals surface area contributed by atoms with Crippen molar-refractivity contribution in [3.05, 3.63) is 54.2 Å². The zero-order chi connectivity index (χ0) is 20.2. The monoisotopic (exact) mass is 391 g/mol. The number of fused-ring (bicyclic) bond motifs is 4. The summed E-state index contributed by atoms with van der Waals surface area (Å²) in [6, 6.07) is 16.5. The van der Waals surface area contributed by atoms with E-state index in [2.05, 4.69) is 39.4 Å². The van der Waals surface area contributed by atoms with Crippen LogP contribution >= 0.6 is 0 Å². The van der Waals surface area contributed by atoms with Crippen LogP contribution in [0.5, 0.6) is 0 Å². The summed E-state index contributed by atoms with van der Waals surface area (Å²) in [7, 11) is 0. The Labute approximate surface area is 169 Å². The van der Waals surface area contributed by atoms with Gasteiger partial charge in [-0.05, 0) is 61.0 Å². The molecule has 2 N–H and O–H groups in total. The van der Waals surface area contributed by atoms with Gasteiger partial charge in [-0.15, -0.1) is 0 Å². The number of aromatic nitrogens is 2. The minimum absolute atomic E-state index is 0.181. The fraction of sp³-hybridized carbons (Fsp3) is 0.348. The van der Waals surface area contributed by atoms with Gasteiger partial charge in [-0.1, -0.05) is 36.4 Å². The molecule has 2 aromatic carbocycles. The second kappa shape index (κ2) is 8.57. The van der Waals surface area contributed by atoms with Crippen molar-refractivity contribution >= 4 is 23.2 Å². The fourth-order valence-electron chi connectivity index (χ4n) is 4.69. The molecule has 3 aliphatic rings. The number of hydrogen-bond acceptors (Lipinski definition) is 4. The van der Waals surface area contributed by atoms with Gasteiger partial charge >= 0.3 is 0 Å². The Morgan fingerprint density at radius 3 is 2.52 bits per heavy atom. The van der Waals surface area contributed by atoms with Crippen LogP contribution in [-0.2, 0) is 4.79 Å². The number of aromatic amines is 1. The Morgan fingerprint density at radius 2 is 1.86 bits per heavy atom. The zero-order valence-electron chi connectivity index (χ0n) is 16.3. The predicted octanol–water partition coefficient (Wildman–Crippen LogP) is 3.85. The normalized spacial score (nSPS) is 22.7. The van der Waals surface area contributed by atoms with E-state index < -0.39 is 0 Å². The summed E-state index contributed by atoms with van der Waals surface area (Å²) in [5.41, 5.74) is 3.82. The first-order chi connectivity index (χ1) is 14.2. The Kier molecular flexibility index (Phi) is 5.71. The number of hydrogen-bond donors (Lipinski definition) is 2. The van der Waals surface area contributed by atoms with Gasteiger partial charge in [-0.2, -0.15) is 5.10 Å². The van der Waals surface area contributed by atoms with Crippen molar-refractivity contribution in [1.82, 2.24) is 15.1 Å². The van der Waals surface area contributed by atoms with Crippen LogP contribution in [0.3, 0.4) is 0 Å². The molecule has 0 unspecified atom stereocenters. The Bertz CT molecular complexity index is 991. The standard InChI is InChI=1S/C22H23N3O.CH2O2/c26-21(13-18-14-25-10-8-16(18)9-11-25)22-19-12-17(6-7-20(19)23-24-22)15-4-2-1-3-5-15;2-1-3/h1-7,12,16,18H,8-11,13-14H2,(H,23,24);1H,(H,2,3)/t18-;/m1./s1. The van der Waals surface area contributed by atoms with Gasteiger partial charge in [0.2, 0.25) is 0 Å². The lowest BCUT2D eigenvalue weighted by Gasteiger charge is -2.44. The number of carbonyl (C=O) groups is 2. The number of nitrogens with one attached hydrogen (secondary N) is 1. The minimum atomic E-state index is -0.250. The van der Waals surface area contributed by atoms with E-state index in [0.717, 1.165) is 28.6 Å². The molecule has 0 aliphatic carbocycles. The summed E-state index contributed by atoms with van der Waals surface area (Å²) in [6.07, 6.45) is 3.12. The van der Waals surface area contributed by atoms with Gasteiger partial charge < -0.3 is 10.0 Å². The summed E-state index contributed by atoms with van der Waals surface area (Å²) in [4.78, 5) is 23.9. The van der Waals surface area contributed by atoms with Crippen LogP contribution in [0.15, 0.2) is 48.5 Å². The largest absolute Gasteiger partial charge is 0.483 e. The predicted molar refractivity (Wildman–Crippen MR) is 112 cm³/mol. The van der Waals surface area contributed by atoms with Gasteiger partial charge in [-0.25, -0.2) is 0 Å². The number of rotatable bonds is 4. The summed E-state index contributed by atoms with van der Waals surface area (Å²) in [5, 5.41) is 15.2. The van der Waals surface area contributed by atoms with Gasteiger partial charge in [0, 0.05) is 18.4 Å². The van der Waals surface area contributed by atoms with E-state index in [1.54, 1.807) is 0 Å². The Balaban J connectivity index is 0.000000645. The number of Topliss-reactive ketones (excluding diaryl/α,β-unsaturated/α-hetero) is 1. The molecule has 150 valence electrons. The molecule has 0 radical (unpaired) electrons. The van der Waals surface area contributed by atoms with Gasteiger partial charge in [-0.3, -0.25) is 14.7 Å². The van der Waals surface area contributed by atoms with Crippen LogP contribution < -0.4 is 0 Å². The number of carbonyl (C=O) groups excluding carboxylic acids is 1. The molecule has 6 nitrogen and oxygen atoms in total. The van der Waals surface area contributed by atoms with Crippen LogP contribution in [-0.4, -0.2) is 52.1 Å². The van der Waals surface area contributed by atoms with Crippen molar-refractivity contribution in [3.63, 3.8) is 0 Å². The second-order valence-electron chi connectivity index (χ2n) is 7.83. The first-order valence-corrected chi connectivity index (χ1v) is 10.1. The summed E-state index contributed by atoms with van der Waals surface area (Å²) in [6.45, 7) is 3.25. The molecular weight excluding hydrogens is 366 g/mol. The van der Waals surface area contributed by atoms with Crippen LogP contribution in [0, 0.1) is 11.8 Å². The first kappa shape index (κ1) is 19.3. The molecule has 1 aromatic heterocycles. The van der Waals surface area contributed by atoms with Crippen molar-refractivity contribution < 1.29 is 14.7 Å². The van der Waals surface area contributed by atoms with Gasteiger partial charge in [0.15, 0.2) is 5.78 Å². The third-order valence-electron chi connectivity index (χ3n) is 6.17. The highest BCUT2D eigenvalue weighted by atomic mass is 16.3. The first-order valence-electron chi connectivity index (χ1n) is 10.1. The maximum Gasteiger partial charge on any atom is 0.290 e. The zero-order valence-corrected chi connectivity index (χ0v) is 16.3. The molecule has 3 saturated heterocycles. The highest BCUT2D eigenvalue weighted by Crippen LogP contribution is 2.35. The molecule has 3 fully saturated rings. The lowest BCUT2D eigenvalue weighted by molar-refractivity contribution is -0.122. The molecule has 6 rings (SSSR count). The van der Waals surface area contributed by atoms with Crippen LogP contribution in [0.2, 0.25) is 0 Å². The highest BCUT2D eigenvalue weighted by Gasteiger charge is 2.35. The van der Waals surface area contributed by atoms with Crippen molar-refractivity contribution in [3.8, 4) is 11.1 Å². The minimum Gasteiger partial charge on any atom is -0.483 e. The maximum absolute atomic E-state index is 13.0. The van der Waals surface area contributed by atoms with E-state index in [0.29, 0.717) is 24.0 Å². The second-order valence-corrected chi connectivity index (χ2v) is 7.83. The summed E-state index contributed by atoms with van der Waals surface area (Å²) < 4.78 is 0. The topological polar surface area (TPSA) is 86.3 Å². The Hall–Kier alpha value is -2.99. The molecule has 29 heavy (non-hydrogen) atoms. The van der Waals surface area contributed by atoms with E-state index in [4.69, 9.17) is 9.90 Å². The van der Waals surface area contributed by atoms with E-state index in [1.807, 2.05) is 24.3 Å². The molecule has 1 atom stereocenters. The van der Waals surface area contributed by atoms with Gasteiger partial charge in [0.1, 0.15) is 5.69 Å². The van der Waals surface area contributed by atoms with Gasteiger partial charge in [0.05, 0.1) is 5.52 Å². The molecular formula is C23H25N3O3. The molecule has 0 amide bonds. The molecule has 0 spiro atoms. The van der Waals surface area contributed by atoms with E-state index in [9.17, 15) is 4.79 Å². The third kappa shape index (κ3) is 4.07. The third-order valence-corrected chi connectivity index (χ3v) is 6.17. The van der Waals surface area contributed by atoms with Crippen LogP contribution in [0.4, 0.5) is 0 Å². The van der Waals surface area contributed by atoms with Gasteiger partial charge in [0.25, 0.3) is 6.47 Å². The lowest BCUT2D eigenvalue weighted by Crippen LogP contribution is -2.47. The van der Waals surface area contributed by atoms with Crippen molar-refractivity contribution in [2.75, 3.05) is 19.6 Å². The number of H-pyrrole nitrogens is 1. The van der Waals surface area contributed by atoms with Crippen molar-refractivity contribution in [2.24, 2.45) is 11.8 Å². The van der Waals surface area contributed by atoms with Crippen LogP contribution in [0.1, 0.15) is 29.8 Å². The van der Waals surface area contributed by atoms with Crippen LogP contribution in [0.25, 0.3) is 22.0 Å². The van der Waals surface area contributed by atoms with E-state index >= 15 is 0 Å². The highest BCUT2D eigenvalue weighted by molar-refractivity contribution is 6.06. The Morgan fingerprint density at radius 1 is 1.14 bits per heavy atom. The maximum atomic E-state index is 13.0. The quantitative estimate of drug-likeness (QED) is 0.521. The van der Waals surface area contributed by atoms with E-state index in [-0.39, 0.29) is 12.3 Å². The average molecular weight is 391 g/mol. The molecule has 3 aromatic rings. The summed E-state index contributed by atoms with van der Waals surface area (Å²) in [5.74, 6) is 1.39. The number of piperidine rings is 3. The number of benzene rings is 2. The molecule has 6 heteroatoms. The summed E-state index contributed by atoms with van der Waals surface area (Å²) >= 11 is 0. The van der Waals surface area contributed by atoms with Crippen molar-refractivity contribution in [2.45, 2.75) is 19.3 Å². The fourth-order valence-corrected chi connectivity index (χ4v) is 4.69. The smallest absolute Gasteiger partial charge is 0.290 e. The molecule has 0 saturated carbocycles. The molecule has 3 aliphatic heterocycles. The number of nitrogens with zero attached hydrogens (tertiary/aromatic N) is 2. The SMILES string of the molecule is O=C(C[C@@H]1CN2CCC1CC2)c1n[nH]c2ccc(-c3ccccc3)cc12.O=CO. The van der Waals surface area contributed by atoms with Crippen molar-refractivity contribution in [1.29, 1.82) is 0 Å². The lowest BCUT2D eigenvalue weighted by atomic mass is 9.76. The number of ketones is 1. The number of carboxylic acid groups (broad SMARTS) is 1.